The molecule has 2 aliphatic rings. The summed E-state index contributed by atoms with van der Waals surface area (Å²) in [6, 6.07) is 4.82. The summed E-state index contributed by atoms with van der Waals surface area (Å²) in [4.78, 5) is 17.2. The van der Waals surface area contributed by atoms with Gasteiger partial charge in [0.25, 0.3) is 0 Å². The number of hydrogen-bond acceptors (Lipinski definition) is 9. The summed E-state index contributed by atoms with van der Waals surface area (Å²) < 4.78 is 87.5. The van der Waals surface area contributed by atoms with Gasteiger partial charge in [-0.3, -0.25) is 0 Å². The Labute approximate surface area is 306 Å². The molecule has 288 valence electrons. The van der Waals surface area contributed by atoms with Crippen molar-refractivity contribution in [3.63, 3.8) is 0 Å². The van der Waals surface area contributed by atoms with E-state index < -0.39 is 30.0 Å². The molecule has 3 N–H and O–H groups in total. The number of nitrogens with one attached hydrogen (secondary N) is 1. The van der Waals surface area contributed by atoms with Crippen molar-refractivity contribution in [2.24, 2.45) is 17.8 Å². The van der Waals surface area contributed by atoms with Crippen LogP contribution in [0.1, 0.15) is 95.0 Å². The molecule has 0 spiro atoms. The molecule has 53 heavy (non-hydrogen) atoms. The molecular formula is C38H48F6N8O. The zero-order valence-corrected chi connectivity index (χ0v) is 30.9. The fourth-order valence-corrected chi connectivity index (χ4v) is 5.43. The predicted octanol–water partition coefficient (Wildman–Crippen LogP) is 10.1. The predicted molar refractivity (Wildman–Crippen MR) is 195 cm³/mol. The van der Waals surface area contributed by atoms with Crippen molar-refractivity contribution < 1.29 is 30.9 Å². The van der Waals surface area contributed by atoms with Crippen LogP contribution in [-0.4, -0.2) is 38.9 Å². The number of nitrogen functional groups attached to an aromatic ring is 1. The highest BCUT2D eigenvalue weighted by Gasteiger charge is 2.37. The third-order valence-electron chi connectivity index (χ3n) is 8.20. The summed E-state index contributed by atoms with van der Waals surface area (Å²) >= 11 is 0. The van der Waals surface area contributed by atoms with Gasteiger partial charge in [0.15, 0.2) is 0 Å². The third kappa shape index (κ3) is 11.9. The number of anilines is 3. The van der Waals surface area contributed by atoms with Gasteiger partial charge in [0.05, 0.1) is 11.1 Å². The topological polar surface area (TPSA) is 121 Å². The van der Waals surface area contributed by atoms with Gasteiger partial charge in [-0.25, -0.2) is 15.0 Å². The van der Waals surface area contributed by atoms with Crippen molar-refractivity contribution >= 4 is 23.3 Å². The third-order valence-corrected chi connectivity index (χ3v) is 8.20. The first kappa shape index (κ1) is 41.1. The summed E-state index contributed by atoms with van der Waals surface area (Å²) in [6.45, 7) is 13.1. The Hall–Kier alpha value is -4.69. The minimum atomic E-state index is -5.01. The molecule has 9 nitrogen and oxygen atoms in total. The summed E-state index contributed by atoms with van der Waals surface area (Å²) in [6.07, 6.45) is -1.42. The molecule has 6 rings (SSSR count). The summed E-state index contributed by atoms with van der Waals surface area (Å²) in [7, 11) is 0. The number of nitrogens with two attached hydrogens (primary N) is 1. The average Bonchev–Trinajstić information content (AvgIpc) is 4.03. The number of benzene rings is 1. The lowest BCUT2D eigenvalue weighted by atomic mass is 10.0. The Bertz CT molecular complexity index is 1740. The summed E-state index contributed by atoms with van der Waals surface area (Å²) in [5.74, 6) is 2.59. The van der Waals surface area contributed by atoms with Crippen molar-refractivity contribution in [3.05, 3.63) is 76.8 Å². The van der Waals surface area contributed by atoms with Gasteiger partial charge < -0.3 is 25.5 Å². The molecule has 0 aliphatic heterocycles. The molecule has 2 fully saturated rings. The van der Waals surface area contributed by atoms with Gasteiger partial charge in [-0.1, -0.05) is 39.8 Å². The lowest BCUT2D eigenvalue weighted by Crippen LogP contribution is -2.32. The van der Waals surface area contributed by atoms with E-state index in [1.54, 1.807) is 19.1 Å². The smallest absolute Gasteiger partial charge is 0.383 e. The molecule has 0 amide bonds. The number of halogens is 6. The van der Waals surface area contributed by atoms with Crippen LogP contribution in [0.15, 0.2) is 53.5 Å². The highest BCUT2D eigenvalue weighted by molar-refractivity contribution is 6.00. The number of pyridine rings is 1. The van der Waals surface area contributed by atoms with Crippen molar-refractivity contribution in [2.45, 2.75) is 92.7 Å². The van der Waals surface area contributed by atoms with Crippen LogP contribution in [-0.2, 0) is 25.4 Å². The zero-order chi connectivity index (χ0) is 39.1. The Balaban J connectivity index is 0.000000980. The lowest BCUT2D eigenvalue weighted by Gasteiger charge is -2.30. The normalized spacial score (nSPS) is 14.2. The maximum Gasteiger partial charge on any atom is 0.416 e. The maximum atomic E-state index is 13.8. The van der Waals surface area contributed by atoms with E-state index in [4.69, 9.17) is 20.7 Å². The van der Waals surface area contributed by atoms with Gasteiger partial charge >= 0.3 is 12.4 Å². The van der Waals surface area contributed by atoms with Gasteiger partial charge in [-0.2, -0.15) is 26.3 Å². The maximum absolute atomic E-state index is 13.8. The van der Waals surface area contributed by atoms with E-state index in [0.717, 1.165) is 44.7 Å². The van der Waals surface area contributed by atoms with Crippen molar-refractivity contribution in [1.29, 1.82) is 5.41 Å². The van der Waals surface area contributed by atoms with Crippen LogP contribution in [0.2, 0.25) is 0 Å². The second-order valence-corrected chi connectivity index (χ2v) is 14.0. The number of aromatic nitrogens is 4. The molecule has 0 unspecified atom stereocenters. The molecule has 2 aliphatic carbocycles. The largest absolute Gasteiger partial charge is 0.416 e. The molecular weight excluding hydrogens is 698 g/mol. The van der Waals surface area contributed by atoms with Gasteiger partial charge in [-0.05, 0) is 80.2 Å². The first-order chi connectivity index (χ1) is 25.0. The van der Waals surface area contributed by atoms with Gasteiger partial charge in [0, 0.05) is 67.0 Å². The minimum Gasteiger partial charge on any atom is -0.383 e. The van der Waals surface area contributed by atoms with Crippen LogP contribution >= 0.6 is 0 Å². The van der Waals surface area contributed by atoms with Gasteiger partial charge in [0.2, 0.25) is 5.95 Å². The van der Waals surface area contributed by atoms with Gasteiger partial charge in [-0.15, -0.1) is 0 Å². The SMILES string of the molecule is CC.CC(=N)c1cc(CN(Cc2cc(C(F)(F)F)cc(C(F)(F)F)c2)c2ncc(-c3ccon3)cn2)c(N(CC2CC2)CC2CC2)nc1N.CC(C)C. The average molecular weight is 747 g/mol. The van der Waals surface area contributed by atoms with Crippen molar-refractivity contribution in [2.75, 3.05) is 28.6 Å². The number of alkyl halides is 6. The molecule has 1 aromatic carbocycles. The van der Waals surface area contributed by atoms with Crippen LogP contribution in [0, 0.1) is 23.2 Å². The molecule has 0 saturated heterocycles. The minimum absolute atomic E-state index is 0.0460. The molecule has 0 bridgehead atoms. The second kappa shape index (κ2) is 17.4. The monoisotopic (exact) mass is 746 g/mol. The van der Waals surface area contributed by atoms with Crippen LogP contribution < -0.4 is 15.5 Å². The first-order valence-corrected chi connectivity index (χ1v) is 17.8. The fraction of sp³-hybridized carbons (Fsp3) is 0.500. The van der Waals surface area contributed by atoms with E-state index in [0.29, 0.717) is 52.2 Å². The summed E-state index contributed by atoms with van der Waals surface area (Å²) in [5.41, 5.74) is 5.32. The Morgan fingerprint density at radius 1 is 0.868 bits per heavy atom. The Morgan fingerprint density at radius 2 is 1.40 bits per heavy atom. The molecule has 4 aromatic rings. The van der Waals surface area contributed by atoms with E-state index >= 15 is 0 Å². The Morgan fingerprint density at radius 3 is 1.83 bits per heavy atom. The molecule has 0 radical (unpaired) electrons. The van der Waals surface area contributed by atoms with E-state index in [2.05, 4.69) is 40.8 Å². The number of rotatable bonds is 12. The quantitative estimate of drug-likeness (QED) is 0.109. The fourth-order valence-electron chi connectivity index (χ4n) is 5.43. The second-order valence-electron chi connectivity index (χ2n) is 14.0. The van der Waals surface area contributed by atoms with Crippen molar-refractivity contribution in [1.82, 2.24) is 20.1 Å². The van der Waals surface area contributed by atoms with Crippen molar-refractivity contribution in [3.8, 4) is 11.3 Å². The molecule has 15 heteroatoms. The van der Waals surface area contributed by atoms with Crippen LogP contribution in [0.3, 0.4) is 0 Å². The highest BCUT2D eigenvalue weighted by atomic mass is 19.4. The Kier molecular flexibility index (Phi) is 13.5. The van der Waals surface area contributed by atoms with Crippen LogP contribution in [0.4, 0.5) is 43.9 Å². The van der Waals surface area contributed by atoms with E-state index in [1.807, 2.05) is 13.8 Å². The molecule has 3 aromatic heterocycles. The van der Waals surface area contributed by atoms with Crippen LogP contribution in [0.5, 0.6) is 0 Å². The first-order valence-electron chi connectivity index (χ1n) is 17.8. The molecule has 3 heterocycles. The van der Waals surface area contributed by atoms with E-state index in [-0.39, 0.29) is 35.7 Å². The number of hydrogen-bond donors (Lipinski definition) is 2. The lowest BCUT2D eigenvalue weighted by molar-refractivity contribution is -0.143. The van der Waals surface area contributed by atoms with Crippen LogP contribution in [0.25, 0.3) is 11.3 Å². The molecule has 2 saturated carbocycles. The van der Waals surface area contributed by atoms with E-state index in [1.165, 1.54) is 23.6 Å². The number of nitrogens with zero attached hydrogens (tertiary/aromatic N) is 6. The zero-order valence-electron chi connectivity index (χ0n) is 30.9. The molecule has 0 atom stereocenters. The standard InChI is InChI=1S/C32H32F6N8O.C4H10.C2H6/c1-18(39)26-10-22(29(43-28(26)40)45(14-19-2-3-19)15-20-4-5-20)17-46(30-41-12-23(13-42-30)27-6-7-47-44-27)16-21-8-24(31(33,34)35)11-25(9-21)32(36,37)38;1-4(2)3;1-2/h6-13,19-20,39H,2-5,14-17H2,1H3,(H2,40,43);4H,1-3H3;1-2H3. The van der Waals surface area contributed by atoms with Gasteiger partial charge in [0.1, 0.15) is 23.6 Å². The van der Waals surface area contributed by atoms with E-state index in [9.17, 15) is 26.3 Å². The highest BCUT2D eigenvalue weighted by Crippen LogP contribution is 2.39. The summed E-state index contributed by atoms with van der Waals surface area (Å²) in [5, 5.41) is 12.1.